The molecule has 0 amide bonds. The molecule has 4 nitrogen and oxygen atoms in total. The molecule has 1 N–H and O–H groups in total. The molecule has 17 heavy (non-hydrogen) atoms. The number of hydrogen-bond donors (Lipinski definition) is 1. The average molecular weight is 241 g/mol. The Morgan fingerprint density at radius 3 is 2.53 bits per heavy atom. The molecule has 100 valence electrons. The predicted octanol–water partition coefficient (Wildman–Crippen LogP) is 0.391. The van der Waals surface area contributed by atoms with Crippen LogP contribution < -0.4 is 5.32 Å². The van der Waals surface area contributed by atoms with Crippen LogP contribution in [0.25, 0.3) is 0 Å². The number of hydrogen-bond acceptors (Lipinski definition) is 4. The standard InChI is InChI=1S/C13H27N3O/c1-3-5-14-12(11-17-4-2)13-10-15-6-8-16(13)9-7-15/h12-14H,3-11H2,1-2H3. The first-order chi connectivity index (χ1) is 8.35. The van der Waals surface area contributed by atoms with Gasteiger partial charge in [-0.3, -0.25) is 9.80 Å². The Balaban J connectivity index is 1.89. The zero-order chi connectivity index (χ0) is 12.1. The van der Waals surface area contributed by atoms with Gasteiger partial charge in [-0.15, -0.1) is 0 Å². The number of fused-ring (bicyclic) bond motifs is 3. The van der Waals surface area contributed by atoms with Gasteiger partial charge in [0.1, 0.15) is 0 Å². The number of nitrogens with zero attached hydrogens (tertiary/aromatic N) is 2. The van der Waals surface area contributed by atoms with Crippen LogP contribution >= 0.6 is 0 Å². The maximum absolute atomic E-state index is 5.65. The van der Waals surface area contributed by atoms with E-state index in [-0.39, 0.29) is 0 Å². The Kier molecular flexibility index (Phi) is 5.22. The fraction of sp³-hybridized carbons (Fsp3) is 1.00. The quantitative estimate of drug-likeness (QED) is 0.698. The van der Waals surface area contributed by atoms with Crippen molar-refractivity contribution in [3.05, 3.63) is 0 Å². The lowest BCUT2D eigenvalue weighted by atomic mass is 10.0. The van der Waals surface area contributed by atoms with E-state index < -0.39 is 0 Å². The SMILES string of the molecule is CCCNC(COCC)C1CN2CCN1CC2. The number of piperazine rings is 3. The summed E-state index contributed by atoms with van der Waals surface area (Å²) < 4.78 is 5.65. The summed E-state index contributed by atoms with van der Waals surface area (Å²) in [5, 5.41) is 3.67. The topological polar surface area (TPSA) is 27.7 Å². The zero-order valence-corrected chi connectivity index (χ0v) is 11.3. The molecule has 0 saturated carbocycles. The maximum atomic E-state index is 5.65. The highest BCUT2D eigenvalue weighted by atomic mass is 16.5. The largest absolute Gasteiger partial charge is 0.380 e. The molecule has 0 spiro atoms. The van der Waals surface area contributed by atoms with Crippen LogP contribution in [0.2, 0.25) is 0 Å². The molecule has 0 aromatic heterocycles. The molecule has 3 saturated heterocycles. The Labute approximate surface area is 105 Å². The number of ether oxygens (including phenoxy) is 1. The van der Waals surface area contributed by atoms with E-state index in [2.05, 4.69) is 29.0 Å². The van der Waals surface area contributed by atoms with Gasteiger partial charge in [0.05, 0.1) is 6.61 Å². The second-order valence-electron chi connectivity index (χ2n) is 5.12. The van der Waals surface area contributed by atoms with Crippen LogP contribution in [0.1, 0.15) is 20.3 Å². The van der Waals surface area contributed by atoms with Gasteiger partial charge in [0.25, 0.3) is 0 Å². The summed E-state index contributed by atoms with van der Waals surface area (Å²) in [5.41, 5.74) is 0. The summed E-state index contributed by atoms with van der Waals surface area (Å²) in [4.78, 5) is 5.24. The smallest absolute Gasteiger partial charge is 0.0635 e. The third kappa shape index (κ3) is 3.41. The molecular weight excluding hydrogens is 214 g/mol. The second kappa shape index (κ2) is 6.69. The van der Waals surface area contributed by atoms with E-state index in [4.69, 9.17) is 4.74 Å². The van der Waals surface area contributed by atoms with Gasteiger partial charge in [0.2, 0.25) is 0 Å². The second-order valence-corrected chi connectivity index (χ2v) is 5.12. The summed E-state index contributed by atoms with van der Waals surface area (Å²) in [6.07, 6.45) is 1.19. The van der Waals surface area contributed by atoms with Crippen LogP contribution in [0.5, 0.6) is 0 Å². The van der Waals surface area contributed by atoms with E-state index in [0.717, 1.165) is 19.8 Å². The van der Waals surface area contributed by atoms with Gasteiger partial charge in [-0.2, -0.15) is 0 Å². The van der Waals surface area contributed by atoms with Gasteiger partial charge in [0.15, 0.2) is 0 Å². The van der Waals surface area contributed by atoms with Crippen LogP contribution in [0.4, 0.5) is 0 Å². The summed E-state index contributed by atoms with van der Waals surface area (Å²) >= 11 is 0. The lowest BCUT2D eigenvalue weighted by molar-refractivity contribution is -0.0202. The average Bonchev–Trinajstić information content (AvgIpc) is 2.40. The van der Waals surface area contributed by atoms with Crippen molar-refractivity contribution in [1.29, 1.82) is 0 Å². The fourth-order valence-electron chi connectivity index (χ4n) is 2.92. The molecule has 3 fully saturated rings. The molecule has 3 aliphatic heterocycles. The molecule has 3 heterocycles. The Morgan fingerprint density at radius 2 is 2.00 bits per heavy atom. The molecule has 0 radical (unpaired) electrons. The molecule has 3 aliphatic rings. The van der Waals surface area contributed by atoms with E-state index in [1.54, 1.807) is 0 Å². The molecule has 0 aliphatic carbocycles. The van der Waals surface area contributed by atoms with Gasteiger partial charge in [-0.1, -0.05) is 6.92 Å². The van der Waals surface area contributed by atoms with Gasteiger partial charge >= 0.3 is 0 Å². The number of rotatable bonds is 7. The molecular formula is C13H27N3O. The highest BCUT2D eigenvalue weighted by molar-refractivity contribution is 4.94. The van der Waals surface area contributed by atoms with Crippen LogP contribution in [-0.4, -0.2) is 74.4 Å². The molecule has 2 bridgehead atoms. The van der Waals surface area contributed by atoms with E-state index in [0.29, 0.717) is 12.1 Å². The molecule has 0 aromatic carbocycles. The minimum atomic E-state index is 0.498. The van der Waals surface area contributed by atoms with Crippen molar-refractivity contribution in [3.8, 4) is 0 Å². The Morgan fingerprint density at radius 1 is 1.24 bits per heavy atom. The third-order valence-corrected chi connectivity index (χ3v) is 3.94. The molecule has 0 aromatic rings. The van der Waals surface area contributed by atoms with Gasteiger partial charge < -0.3 is 10.1 Å². The van der Waals surface area contributed by atoms with Crippen molar-refractivity contribution in [2.45, 2.75) is 32.4 Å². The predicted molar refractivity (Wildman–Crippen MR) is 70.4 cm³/mol. The Hall–Kier alpha value is -0.160. The minimum Gasteiger partial charge on any atom is -0.380 e. The first kappa shape index (κ1) is 13.3. The van der Waals surface area contributed by atoms with Crippen LogP contribution in [-0.2, 0) is 4.74 Å². The number of nitrogens with one attached hydrogen (secondary N) is 1. The minimum absolute atomic E-state index is 0.498. The normalized spacial score (nSPS) is 33.9. The summed E-state index contributed by atoms with van der Waals surface area (Å²) in [6.45, 7) is 13.3. The lowest BCUT2D eigenvalue weighted by Crippen LogP contribution is -2.67. The van der Waals surface area contributed by atoms with Gasteiger partial charge in [0, 0.05) is 51.4 Å². The third-order valence-electron chi connectivity index (χ3n) is 3.94. The summed E-state index contributed by atoms with van der Waals surface area (Å²) in [5.74, 6) is 0. The summed E-state index contributed by atoms with van der Waals surface area (Å²) in [6, 6.07) is 1.15. The summed E-state index contributed by atoms with van der Waals surface area (Å²) in [7, 11) is 0. The molecule has 2 unspecified atom stereocenters. The van der Waals surface area contributed by atoms with Gasteiger partial charge in [-0.05, 0) is 19.9 Å². The van der Waals surface area contributed by atoms with Crippen molar-refractivity contribution >= 4 is 0 Å². The van der Waals surface area contributed by atoms with E-state index in [9.17, 15) is 0 Å². The zero-order valence-electron chi connectivity index (χ0n) is 11.3. The van der Waals surface area contributed by atoms with E-state index in [1.807, 2.05) is 0 Å². The van der Waals surface area contributed by atoms with Crippen molar-refractivity contribution in [1.82, 2.24) is 15.1 Å². The van der Waals surface area contributed by atoms with Crippen LogP contribution in [0.3, 0.4) is 0 Å². The van der Waals surface area contributed by atoms with E-state index in [1.165, 1.54) is 39.1 Å². The highest BCUT2D eigenvalue weighted by Crippen LogP contribution is 2.18. The van der Waals surface area contributed by atoms with Crippen molar-refractivity contribution in [2.24, 2.45) is 0 Å². The fourth-order valence-corrected chi connectivity index (χ4v) is 2.92. The molecule has 2 atom stereocenters. The first-order valence-electron chi connectivity index (χ1n) is 7.12. The van der Waals surface area contributed by atoms with Crippen molar-refractivity contribution in [2.75, 3.05) is 52.5 Å². The highest BCUT2D eigenvalue weighted by Gasteiger charge is 2.36. The monoisotopic (exact) mass is 241 g/mol. The van der Waals surface area contributed by atoms with Crippen molar-refractivity contribution in [3.63, 3.8) is 0 Å². The molecule has 4 heteroatoms. The lowest BCUT2D eigenvalue weighted by Gasteiger charge is -2.50. The first-order valence-corrected chi connectivity index (χ1v) is 7.12. The van der Waals surface area contributed by atoms with Crippen LogP contribution in [0, 0.1) is 0 Å². The van der Waals surface area contributed by atoms with Crippen molar-refractivity contribution < 1.29 is 4.74 Å². The van der Waals surface area contributed by atoms with Gasteiger partial charge in [-0.25, -0.2) is 0 Å². The van der Waals surface area contributed by atoms with E-state index >= 15 is 0 Å². The molecule has 3 rings (SSSR count). The maximum Gasteiger partial charge on any atom is 0.0635 e. The van der Waals surface area contributed by atoms with Crippen LogP contribution in [0.15, 0.2) is 0 Å². The Bertz CT molecular complexity index is 209.